The Bertz CT molecular complexity index is 681. The second-order valence-corrected chi connectivity index (χ2v) is 5.31. The molecule has 0 amide bonds. The molecule has 2 N–H and O–H groups in total. The van der Waals surface area contributed by atoms with Crippen molar-refractivity contribution in [2.75, 3.05) is 7.11 Å². The van der Waals surface area contributed by atoms with E-state index in [9.17, 15) is 10.1 Å². The molecule has 0 unspecified atom stereocenters. The predicted molar refractivity (Wildman–Crippen MR) is 81.0 cm³/mol. The minimum atomic E-state index is -0.453. The number of ether oxygens (including phenoxy) is 1. The molecule has 0 aliphatic rings. The Morgan fingerprint density at radius 1 is 1.45 bits per heavy atom. The quantitative estimate of drug-likeness (QED) is 0.644. The third kappa shape index (κ3) is 3.06. The topological polar surface area (TPSA) is 109 Å². The van der Waals surface area contributed by atoms with Gasteiger partial charge in [0.25, 0.3) is 5.69 Å². The van der Waals surface area contributed by atoms with Gasteiger partial charge in [0.15, 0.2) is 0 Å². The van der Waals surface area contributed by atoms with Crippen molar-refractivity contribution in [1.82, 2.24) is 15.0 Å². The first-order valence-corrected chi connectivity index (χ1v) is 6.94. The summed E-state index contributed by atoms with van der Waals surface area (Å²) in [6, 6.07) is 4.37. The van der Waals surface area contributed by atoms with E-state index in [1.54, 1.807) is 10.7 Å². The van der Waals surface area contributed by atoms with Crippen molar-refractivity contribution in [1.29, 1.82) is 0 Å². The molecule has 1 heterocycles. The number of hydrogen-bond acceptors (Lipinski definition) is 6. The Balaban J connectivity index is 2.62. The van der Waals surface area contributed by atoms with Gasteiger partial charge in [0.05, 0.1) is 23.4 Å². The van der Waals surface area contributed by atoms with Crippen LogP contribution >= 0.6 is 0 Å². The molecular weight excluding hydrogens is 286 g/mol. The van der Waals surface area contributed by atoms with Gasteiger partial charge in [-0.05, 0) is 18.4 Å². The summed E-state index contributed by atoms with van der Waals surface area (Å²) in [6.07, 6.45) is 0.714. The summed E-state index contributed by atoms with van der Waals surface area (Å²) in [4.78, 5) is 10.6. The number of rotatable bonds is 6. The zero-order valence-electron chi connectivity index (χ0n) is 12.8. The van der Waals surface area contributed by atoms with E-state index >= 15 is 0 Å². The largest absolute Gasteiger partial charge is 0.494 e. The van der Waals surface area contributed by atoms with Gasteiger partial charge in [-0.1, -0.05) is 19.1 Å². The van der Waals surface area contributed by atoms with E-state index < -0.39 is 4.92 Å². The number of hydrogen-bond donors (Lipinski definition) is 1. The maximum atomic E-state index is 11.0. The highest BCUT2D eigenvalue weighted by Gasteiger charge is 2.19. The number of non-ortho nitro benzene ring substituents is 1. The molecule has 0 fully saturated rings. The lowest BCUT2D eigenvalue weighted by molar-refractivity contribution is -0.384. The number of aromatic nitrogens is 3. The molecule has 0 saturated carbocycles. The Hall–Kier alpha value is -2.48. The van der Waals surface area contributed by atoms with Crippen LogP contribution in [-0.4, -0.2) is 27.0 Å². The molecule has 0 bridgehead atoms. The van der Waals surface area contributed by atoms with Gasteiger partial charge in [0.1, 0.15) is 11.4 Å². The summed E-state index contributed by atoms with van der Waals surface area (Å²) in [5, 5.41) is 19.2. The summed E-state index contributed by atoms with van der Waals surface area (Å²) in [5.41, 5.74) is 7.69. The smallest absolute Gasteiger partial charge is 0.271 e. The van der Waals surface area contributed by atoms with Crippen LogP contribution in [0.5, 0.6) is 5.75 Å². The zero-order valence-corrected chi connectivity index (χ0v) is 12.8. The molecule has 1 aromatic carbocycles. The van der Waals surface area contributed by atoms with Gasteiger partial charge in [0.2, 0.25) is 0 Å². The van der Waals surface area contributed by atoms with Gasteiger partial charge in [-0.2, -0.15) is 0 Å². The summed E-state index contributed by atoms with van der Waals surface area (Å²) >= 11 is 0. The number of benzene rings is 1. The van der Waals surface area contributed by atoms with Crippen LogP contribution in [0.25, 0.3) is 5.69 Å². The number of nitro benzene ring substituents is 1. The number of methoxy groups -OCH3 is 1. The fraction of sp³-hybridized carbons (Fsp3) is 0.429. The summed E-state index contributed by atoms with van der Waals surface area (Å²) < 4.78 is 6.87. The first kappa shape index (κ1) is 15.9. The molecule has 0 saturated heterocycles. The van der Waals surface area contributed by atoms with E-state index in [4.69, 9.17) is 10.5 Å². The van der Waals surface area contributed by atoms with Crippen molar-refractivity contribution >= 4 is 5.69 Å². The van der Waals surface area contributed by atoms with Gasteiger partial charge >= 0.3 is 0 Å². The highest BCUT2D eigenvalue weighted by Crippen LogP contribution is 2.29. The molecule has 22 heavy (non-hydrogen) atoms. The van der Waals surface area contributed by atoms with Crippen molar-refractivity contribution in [2.24, 2.45) is 11.7 Å². The van der Waals surface area contributed by atoms with Gasteiger partial charge < -0.3 is 10.5 Å². The lowest BCUT2D eigenvalue weighted by Gasteiger charge is -2.12. The van der Waals surface area contributed by atoms with Crippen LogP contribution in [0, 0.1) is 16.0 Å². The average molecular weight is 305 g/mol. The van der Waals surface area contributed by atoms with E-state index in [0.717, 1.165) is 5.69 Å². The van der Waals surface area contributed by atoms with Gasteiger partial charge in [-0.3, -0.25) is 10.1 Å². The molecule has 1 aromatic heterocycles. The molecule has 0 aliphatic heterocycles. The summed E-state index contributed by atoms with van der Waals surface area (Å²) in [7, 11) is 1.51. The van der Waals surface area contributed by atoms with E-state index in [1.807, 2.05) is 0 Å². The molecule has 118 valence electrons. The number of nitrogens with zero attached hydrogens (tertiary/aromatic N) is 4. The molecule has 0 radical (unpaired) electrons. The maximum absolute atomic E-state index is 11.0. The normalized spacial score (nSPS) is 11.0. The standard InChI is InChI=1S/C14H19N5O3/c1-9(2)6-12-11(8-15)16-17-18(12)13-7-10(19(20)21)4-5-14(13)22-3/h4-5,7,9H,6,8,15H2,1-3H3. The van der Waals surface area contributed by atoms with Gasteiger partial charge in [-0.15, -0.1) is 5.10 Å². The van der Waals surface area contributed by atoms with Gasteiger partial charge in [-0.25, -0.2) is 4.68 Å². The molecule has 0 aliphatic carbocycles. The van der Waals surface area contributed by atoms with Crippen LogP contribution in [0.4, 0.5) is 5.69 Å². The number of nitrogens with two attached hydrogens (primary N) is 1. The Kier molecular flexibility index (Phi) is 4.71. The van der Waals surface area contributed by atoms with Crippen LogP contribution in [-0.2, 0) is 13.0 Å². The molecule has 2 aromatic rings. The summed E-state index contributed by atoms with van der Waals surface area (Å²) in [5.74, 6) is 0.858. The molecule has 0 atom stereocenters. The van der Waals surface area contributed by atoms with Crippen molar-refractivity contribution in [3.63, 3.8) is 0 Å². The molecule has 8 nitrogen and oxygen atoms in total. The molecule has 2 rings (SSSR count). The second kappa shape index (κ2) is 6.52. The first-order chi connectivity index (χ1) is 10.5. The molecule has 0 spiro atoms. The minimum absolute atomic E-state index is 0.0314. The summed E-state index contributed by atoms with van der Waals surface area (Å²) in [6.45, 7) is 4.41. The Morgan fingerprint density at radius 2 is 2.18 bits per heavy atom. The fourth-order valence-electron chi connectivity index (χ4n) is 2.23. The third-order valence-electron chi connectivity index (χ3n) is 3.24. The van der Waals surface area contributed by atoms with Crippen LogP contribution in [0.15, 0.2) is 18.2 Å². The lowest BCUT2D eigenvalue weighted by Crippen LogP contribution is -2.10. The maximum Gasteiger partial charge on any atom is 0.271 e. The van der Waals surface area contributed by atoms with E-state index in [-0.39, 0.29) is 12.2 Å². The SMILES string of the molecule is COc1ccc([N+](=O)[O-])cc1-n1nnc(CN)c1CC(C)C. The lowest BCUT2D eigenvalue weighted by atomic mass is 10.1. The first-order valence-electron chi connectivity index (χ1n) is 6.94. The van der Waals surface area contributed by atoms with Crippen molar-refractivity contribution in [2.45, 2.75) is 26.8 Å². The van der Waals surface area contributed by atoms with Crippen LogP contribution < -0.4 is 10.5 Å². The van der Waals surface area contributed by atoms with Crippen molar-refractivity contribution in [3.05, 3.63) is 39.7 Å². The molecule has 8 heteroatoms. The van der Waals surface area contributed by atoms with Crippen LogP contribution in [0.2, 0.25) is 0 Å². The number of nitro groups is 1. The highest BCUT2D eigenvalue weighted by molar-refractivity contribution is 5.54. The van der Waals surface area contributed by atoms with Crippen LogP contribution in [0.1, 0.15) is 25.2 Å². The van der Waals surface area contributed by atoms with Crippen molar-refractivity contribution < 1.29 is 9.66 Å². The van der Waals surface area contributed by atoms with Crippen LogP contribution in [0.3, 0.4) is 0 Å². The highest BCUT2D eigenvalue weighted by atomic mass is 16.6. The Morgan fingerprint density at radius 3 is 2.73 bits per heavy atom. The molecular formula is C14H19N5O3. The monoisotopic (exact) mass is 305 g/mol. The second-order valence-electron chi connectivity index (χ2n) is 5.31. The van der Waals surface area contributed by atoms with Gasteiger partial charge in [0, 0.05) is 18.7 Å². The van der Waals surface area contributed by atoms with Crippen molar-refractivity contribution in [3.8, 4) is 11.4 Å². The average Bonchev–Trinajstić information content (AvgIpc) is 2.88. The third-order valence-corrected chi connectivity index (χ3v) is 3.24. The fourth-order valence-corrected chi connectivity index (χ4v) is 2.23. The van der Waals surface area contributed by atoms with E-state index in [0.29, 0.717) is 29.5 Å². The Labute approximate surface area is 128 Å². The van der Waals surface area contributed by atoms with E-state index in [2.05, 4.69) is 24.2 Å². The minimum Gasteiger partial charge on any atom is -0.494 e. The predicted octanol–water partition coefficient (Wildman–Crippen LogP) is 1.84. The van der Waals surface area contributed by atoms with E-state index in [1.165, 1.54) is 19.2 Å². The zero-order chi connectivity index (χ0) is 16.3.